The van der Waals surface area contributed by atoms with Gasteiger partial charge in [0.1, 0.15) is 0 Å². The van der Waals surface area contributed by atoms with E-state index in [2.05, 4.69) is 0 Å². The molecule has 0 radical (unpaired) electrons. The van der Waals surface area contributed by atoms with E-state index < -0.39 is 0 Å². The zero-order valence-corrected chi connectivity index (χ0v) is 10.1. The molecule has 2 aliphatic heterocycles. The van der Waals surface area contributed by atoms with Crippen molar-refractivity contribution in [2.24, 2.45) is 11.7 Å². The second-order valence-electron chi connectivity index (χ2n) is 4.64. The minimum atomic E-state index is -0.209. The van der Waals surface area contributed by atoms with Gasteiger partial charge >= 0.3 is 0 Å². The van der Waals surface area contributed by atoms with E-state index in [9.17, 15) is 9.59 Å². The van der Waals surface area contributed by atoms with Crippen molar-refractivity contribution in [3.8, 4) is 0 Å². The first-order chi connectivity index (χ1) is 8.09. The summed E-state index contributed by atoms with van der Waals surface area (Å²) >= 11 is 0. The van der Waals surface area contributed by atoms with Gasteiger partial charge in [-0.3, -0.25) is 9.59 Å². The Bertz CT molecular complexity index is 313. The highest BCUT2D eigenvalue weighted by molar-refractivity contribution is 5.80. The molecule has 2 rings (SSSR count). The van der Waals surface area contributed by atoms with E-state index in [1.54, 1.807) is 16.7 Å². The van der Waals surface area contributed by atoms with Crippen molar-refractivity contribution in [1.29, 1.82) is 0 Å². The average Bonchev–Trinajstić information content (AvgIpc) is 2.74. The molecule has 2 atom stereocenters. The van der Waals surface area contributed by atoms with Crippen molar-refractivity contribution in [1.82, 2.24) is 9.80 Å². The molecule has 0 aromatic carbocycles. The van der Waals surface area contributed by atoms with Crippen LogP contribution in [0.25, 0.3) is 0 Å². The normalized spacial score (nSPS) is 29.5. The first-order valence-electron chi connectivity index (χ1n) is 5.97. The second-order valence-corrected chi connectivity index (χ2v) is 4.64. The van der Waals surface area contributed by atoms with Crippen molar-refractivity contribution in [3.05, 3.63) is 0 Å². The maximum atomic E-state index is 12.1. The highest BCUT2D eigenvalue weighted by Gasteiger charge is 2.35. The van der Waals surface area contributed by atoms with E-state index in [1.807, 2.05) is 0 Å². The van der Waals surface area contributed by atoms with Crippen LogP contribution in [0, 0.1) is 5.92 Å². The topological polar surface area (TPSA) is 75.9 Å². The van der Waals surface area contributed by atoms with Gasteiger partial charge in [0.2, 0.25) is 11.8 Å². The number of rotatable bonds is 1. The lowest BCUT2D eigenvalue weighted by atomic mass is 10.0. The molecule has 2 saturated heterocycles. The van der Waals surface area contributed by atoms with Crippen LogP contribution >= 0.6 is 0 Å². The van der Waals surface area contributed by atoms with Crippen LogP contribution < -0.4 is 5.73 Å². The number of hydrogen-bond donors (Lipinski definition) is 1. The van der Waals surface area contributed by atoms with Gasteiger partial charge in [-0.15, -0.1) is 0 Å². The third-order valence-corrected chi connectivity index (χ3v) is 3.48. The Morgan fingerprint density at radius 1 is 1.12 bits per heavy atom. The SMILES string of the molecule is CC(=O)N1CCN(C(=O)C2COCC2N)CC1. The molecule has 2 heterocycles. The zero-order valence-electron chi connectivity index (χ0n) is 10.1. The van der Waals surface area contributed by atoms with Crippen LogP contribution in [0.3, 0.4) is 0 Å². The Morgan fingerprint density at radius 2 is 1.71 bits per heavy atom. The number of hydrogen-bond acceptors (Lipinski definition) is 4. The molecule has 2 N–H and O–H groups in total. The lowest BCUT2D eigenvalue weighted by Crippen LogP contribution is -2.53. The van der Waals surface area contributed by atoms with Crippen molar-refractivity contribution < 1.29 is 14.3 Å². The Labute approximate surface area is 101 Å². The maximum Gasteiger partial charge on any atom is 0.229 e. The summed E-state index contributed by atoms with van der Waals surface area (Å²) in [5, 5.41) is 0. The van der Waals surface area contributed by atoms with Gasteiger partial charge in [0.05, 0.1) is 19.1 Å². The first kappa shape index (κ1) is 12.3. The Morgan fingerprint density at radius 3 is 2.18 bits per heavy atom. The van der Waals surface area contributed by atoms with E-state index in [4.69, 9.17) is 10.5 Å². The molecular formula is C11H19N3O3. The molecule has 2 amide bonds. The third kappa shape index (κ3) is 2.58. The average molecular weight is 241 g/mol. The highest BCUT2D eigenvalue weighted by Crippen LogP contribution is 2.16. The number of piperazine rings is 1. The highest BCUT2D eigenvalue weighted by atomic mass is 16.5. The van der Waals surface area contributed by atoms with Gasteiger partial charge in [-0.25, -0.2) is 0 Å². The number of nitrogens with two attached hydrogens (primary N) is 1. The standard InChI is InChI=1S/C11H19N3O3/c1-8(15)13-2-4-14(5-3-13)11(16)9-6-17-7-10(9)12/h9-10H,2-7,12H2,1H3. The zero-order chi connectivity index (χ0) is 12.4. The van der Waals surface area contributed by atoms with Crippen LogP contribution in [-0.2, 0) is 14.3 Å². The van der Waals surface area contributed by atoms with Crippen molar-refractivity contribution >= 4 is 11.8 Å². The minimum absolute atomic E-state index is 0.0676. The number of amides is 2. The van der Waals surface area contributed by atoms with E-state index in [0.717, 1.165) is 0 Å². The predicted octanol–water partition coefficient (Wildman–Crippen LogP) is -1.35. The fourth-order valence-electron chi connectivity index (χ4n) is 2.30. The summed E-state index contributed by atoms with van der Waals surface area (Å²) in [6, 6.07) is -0.187. The van der Waals surface area contributed by atoms with Gasteiger partial charge in [-0.05, 0) is 0 Å². The summed E-state index contributed by atoms with van der Waals surface area (Å²) in [6.45, 7) is 4.87. The molecular weight excluding hydrogens is 222 g/mol. The van der Waals surface area contributed by atoms with Gasteiger partial charge in [0.25, 0.3) is 0 Å². The lowest BCUT2D eigenvalue weighted by Gasteiger charge is -2.35. The van der Waals surface area contributed by atoms with Crippen molar-refractivity contribution in [3.63, 3.8) is 0 Å². The lowest BCUT2D eigenvalue weighted by molar-refractivity contribution is -0.141. The number of carbonyl (C=O) groups is 2. The summed E-state index contributed by atoms with van der Waals surface area (Å²) in [4.78, 5) is 26.9. The van der Waals surface area contributed by atoms with Crippen LogP contribution in [0.4, 0.5) is 0 Å². The molecule has 6 heteroatoms. The van der Waals surface area contributed by atoms with Crippen LogP contribution in [0.1, 0.15) is 6.92 Å². The quantitative estimate of drug-likeness (QED) is 0.616. The molecule has 96 valence electrons. The van der Waals surface area contributed by atoms with E-state index in [0.29, 0.717) is 39.4 Å². The molecule has 0 bridgehead atoms. The Balaban J connectivity index is 1.88. The van der Waals surface area contributed by atoms with Crippen LogP contribution in [0.2, 0.25) is 0 Å². The third-order valence-electron chi connectivity index (χ3n) is 3.48. The summed E-state index contributed by atoms with van der Waals surface area (Å²) < 4.78 is 5.20. The van der Waals surface area contributed by atoms with Gasteiger partial charge in [-0.1, -0.05) is 0 Å². The molecule has 0 saturated carbocycles. The van der Waals surface area contributed by atoms with E-state index in [1.165, 1.54) is 0 Å². The molecule has 2 unspecified atom stereocenters. The molecule has 0 aromatic rings. The molecule has 17 heavy (non-hydrogen) atoms. The van der Waals surface area contributed by atoms with E-state index >= 15 is 0 Å². The van der Waals surface area contributed by atoms with Crippen LogP contribution in [-0.4, -0.2) is 67.0 Å². The monoisotopic (exact) mass is 241 g/mol. The Hall–Kier alpha value is -1.14. The molecule has 0 aliphatic carbocycles. The summed E-state index contributed by atoms with van der Waals surface area (Å²) in [7, 11) is 0. The van der Waals surface area contributed by atoms with Crippen molar-refractivity contribution in [2.75, 3.05) is 39.4 Å². The largest absolute Gasteiger partial charge is 0.379 e. The fraction of sp³-hybridized carbons (Fsp3) is 0.818. The molecule has 2 fully saturated rings. The van der Waals surface area contributed by atoms with Crippen LogP contribution in [0.15, 0.2) is 0 Å². The fourth-order valence-corrected chi connectivity index (χ4v) is 2.30. The van der Waals surface area contributed by atoms with Gasteiger partial charge in [0, 0.05) is 39.1 Å². The van der Waals surface area contributed by atoms with Crippen LogP contribution in [0.5, 0.6) is 0 Å². The van der Waals surface area contributed by atoms with Crippen molar-refractivity contribution in [2.45, 2.75) is 13.0 Å². The number of nitrogens with zero attached hydrogens (tertiary/aromatic N) is 2. The summed E-state index contributed by atoms with van der Waals surface area (Å²) in [5.74, 6) is -0.0740. The summed E-state index contributed by atoms with van der Waals surface area (Å²) in [6.07, 6.45) is 0. The first-order valence-corrected chi connectivity index (χ1v) is 5.97. The molecule has 2 aliphatic rings. The smallest absolute Gasteiger partial charge is 0.229 e. The number of carbonyl (C=O) groups excluding carboxylic acids is 2. The van der Waals surface area contributed by atoms with Gasteiger partial charge < -0.3 is 20.3 Å². The molecule has 6 nitrogen and oxygen atoms in total. The predicted molar refractivity (Wildman–Crippen MR) is 61.1 cm³/mol. The second kappa shape index (κ2) is 5.01. The Kier molecular flexibility index (Phi) is 3.63. The van der Waals surface area contributed by atoms with Gasteiger partial charge in [-0.2, -0.15) is 0 Å². The maximum absolute atomic E-state index is 12.1. The number of ether oxygens (including phenoxy) is 1. The molecule has 0 aromatic heterocycles. The molecule has 0 spiro atoms. The van der Waals surface area contributed by atoms with Gasteiger partial charge in [0.15, 0.2) is 0 Å². The summed E-state index contributed by atoms with van der Waals surface area (Å²) in [5.41, 5.74) is 5.83. The van der Waals surface area contributed by atoms with E-state index in [-0.39, 0.29) is 23.8 Å². The minimum Gasteiger partial charge on any atom is -0.379 e.